The third-order valence-corrected chi connectivity index (χ3v) is 6.81. The van der Waals surface area contributed by atoms with E-state index in [1.165, 1.54) is 12.1 Å². The Morgan fingerprint density at radius 2 is 1.52 bits per heavy atom. The van der Waals surface area contributed by atoms with E-state index < -0.39 is 10.0 Å². The number of anilines is 2. The van der Waals surface area contributed by atoms with Gasteiger partial charge in [-0.2, -0.15) is 0 Å². The summed E-state index contributed by atoms with van der Waals surface area (Å²) in [6.07, 6.45) is 0. The predicted octanol–water partition coefficient (Wildman–Crippen LogP) is 4.10. The Hall–Kier alpha value is -3.03. The summed E-state index contributed by atoms with van der Waals surface area (Å²) in [6.45, 7) is 2.61. The molecular weight excluding hydrogens is 434 g/mol. The first-order valence-corrected chi connectivity index (χ1v) is 11.8. The van der Waals surface area contributed by atoms with Crippen LogP contribution in [0.2, 0.25) is 5.02 Å². The van der Waals surface area contributed by atoms with Gasteiger partial charge in [-0.05, 0) is 54.6 Å². The predicted molar refractivity (Wildman–Crippen MR) is 123 cm³/mol. The number of para-hydroxylation sites is 1. The molecule has 0 unspecified atom stereocenters. The van der Waals surface area contributed by atoms with Gasteiger partial charge in [0.15, 0.2) is 0 Å². The van der Waals surface area contributed by atoms with Gasteiger partial charge < -0.3 is 9.80 Å². The number of carbonyl (C=O) groups excluding carboxylic acids is 1. The van der Waals surface area contributed by atoms with Crippen LogP contribution in [0.4, 0.5) is 11.4 Å². The van der Waals surface area contributed by atoms with Crippen LogP contribution in [0.3, 0.4) is 0 Å². The lowest BCUT2D eigenvalue weighted by molar-refractivity contribution is 0.0746. The quantitative estimate of drug-likeness (QED) is 0.628. The minimum Gasteiger partial charge on any atom is -0.368 e. The molecule has 0 radical (unpaired) electrons. The van der Waals surface area contributed by atoms with Gasteiger partial charge >= 0.3 is 0 Å². The van der Waals surface area contributed by atoms with Crippen molar-refractivity contribution in [2.45, 2.75) is 4.90 Å². The van der Waals surface area contributed by atoms with Crippen LogP contribution in [0, 0.1) is 0 Å². The summed E-state index contributed by atoms with van der Waals surface area (Å²) in [5.74, 6) is -0.170. The molecule has 6 nitrogen and oxygen atoms in total. The number of nitrogens with zero attached hydrogens (tertiary/aromatic N) is 2. The molecule has 160 valence electrons. The van der Waals surface area contributed by atoms with E-state index in [4.69, 9.17) is 11.6 Å². The highest BCUT2D eigenvalue weighted by Gasteiger charge is 2.24. The number of halogens is 1. The Bertz CT molecular complexity index is 1160. The third kappa shape index (κ3) is 5.00. The van der Waals surface area contributed by atoms with E-state index in [1.807, 2.05) is 18.2 Å². The molecule has 0 bridgehead atoms. The second kappa shape index (κ2) is 8.99. The fraction of sp³-hybridized carbons (Fsp3) is 0.174. The first kappa shape index (κ1) is 21.2. The van der Waals surface area contributed by atoms with Crippen molar-refractivity contribution in [1.82, 2.24) is 4.90 Å². The smallest absolute Gasteiger partial charge is 0.261 e. The van der Waals surface area contributed by atoms with Crippen LogP contribution >= 0.6 is 11.6 Å². The standard InChI is InChI=1S/C23H22ClN3O3S/c24-19-9-11-20(12-10-19)25-31(29,30)22-8-4-5-18(17-22)23(28)27-15-13-26(14-16-27)21-6-2-1-3-7-21/h1-12,17,25H,13-16H2. The molecule has 3 aromatic carbocycles. The lowest BCUT2D eigenvalue weighted by Crippen LogP contribution is -2.48. The molecule has 31 heavy (non-hydrogen) atoms. The fourth-order valence-corrected chi connectivity index (χ4v) is 4.75. The molecule has 0 aliphatic carbocycles. The SMILES string of the molecule is O=C(c1cccc(S(=O)(=O)Nc2ccc(Cl)cc2)c1)N1CCN(c2ccccc2)CC1. The maximum atomic E-state index is 13.0. The molecule has 0 spiro atoms. The molecule has 0 saturated carbocycles. The van der Waals surface area contributed by atoms with E-state index in [-0.39, 0.29) is 10.8 Å². The normalized spacial score (nSPS) is 14.4. The number of hydrogen-bond donors (Lipinski definition) is 1. The Kier molecular flexibility index (Phi) is 6.15. The molecule has 0 atom stereocenters. The lowest BCUT2D eigenvalue weighted by atomic mass is 10.1. The van der Waals surface area contributed by atoms with Gasteiger partial charge in [0.1, 0.15) is 0 Å². The summed E-state index contributed by atoms with van der Waals surface area (Å²) < 4.78 is 28.0. The highest BCUT2D eigenvalue weighted by Crippen LogP contribution is 2.21. The lowest BCUT2D eigenvalue weighted by Gasteiger charge is -2.36. The van der Waals surface area contributed by atoms with Crippen molar-refractivity contribution in [2.24, 2.45) is 0 Å². The summed E-state index contributed by atoms with van der Waals surface area (Å²) in [5.41, 5.74) is 1.89. The zero-order valence-electron chi connectivity index (χ0n) is 16.7. The van der Waals surface area contributed by atoms with Gasteiger partial charge in [-0.15, -0.1) is 0 Å². The maximum absolute atomic E-state index is 13.0. The molecule has 3 aromatic rings. The Morgan fingerprint density at radius 1 is 0.839 bits per heavy atom. The Balaban J connectivity index is 1.45. The number of rotatable bonds is 5. The second-order valence-electron chi connectivity index (χ2n) is 7.26. The van der Waals surface area contributed by atoms with E-state index in [2.05, 4.69) is 21.8 Å². The van der Waals surface area contributed by atoms with Crippen molar-refractivity contribution in [2.75, 3.05) is 35.8 Å². The van der Waals surface area contributed by atoms with Gasteiger partial charge in [0.2, 0.25) is 0 Å². The van der Waals surface area contributed by atoms with Crippen molar-refractivity contribution >= 4 is 38.9 Å². The van der Waals surface area contributed by atoms with Crippen LogP contribution in [0.5, 0.6) is 0 Å². The van der Waals surface area contributed by atoms with Gasteiger partial charge in [-0.25, -0.2) is 8.42 Å². The zero-order chi connectivity index (χ0) is 21.8. The molecular formula is C23H22ClN3O3S. The van der Waals surface area contributed by atoms with E-state index in [1.54, 1.807) is 41.3 Å². The number of benzene rings is 3. The molecule has 1 N–H and O–H groups in total. The molecule has 4 rings (SSSR count). The summed E-state index contributed by atoms with van der Waals surface area (Å²) in [7, 11) is -3.83. The number of nitrogens with one attached hydrogen (secondary N) is 1. The number of piperazine rings is 1. The third-order valence-electron chi connectivity index (χ3n) is 5.18. The Morgan fingerprint density at radius 3 is 2.19 bits per heavy atom. The molecule has 1 amide bonds. The van der Waals surface area contributed by atoms with Crippen molar-refractivity contribution < 1.29 is 13.2 Å². The van der Waals surface area contributed by atoms with Crippen LogP contribution in [0.15, 0.2) is 83.8 Å². The largest absolute Gasteiger partial charge is 0.368 e. The molecule has 1 fully saturated rings. The highest BCUT2D eigenvalue weighted by molar-refractivity contribution is 7.92. The van der Waals surface area contributed by atoms with Crippen LogP contribution in [-0.4, -0.2) is 45.4 Å². The number of amides is 1. The summed E-state index contributed by atoms with van der Waals surface area (Å²) in [4.78, 5) is 17.0. The highest BCUT2D eigenvalue weighted by atomic mass is 35.5. The number of sulfonamides is 1. The van der Waals surface area contributed by atoms with Crippen molar-refractivity contribution in [3.8, 4) is 0 Å². The van der Waals surface area contributed by atoms with E-state index in [9.17, 15) is 13.2 Å². The minimum absolute atomic E-state index is 0.0382. The van der Waals surface area contributed by atoms with Crippen molar-refractivity contribution in [1.29, 1.82) is 0 Å². The van der Waals surface area contributed by atoms with Crippen LogP contribution in [0.25, 0.3) is 0 Å². The fourth-order valence-electron chi connectivity index (χ4n) is 3.52. The molecule has 1 aliphatic rings. The van der Waals surface area contributed by atoms with E-state index in [0.717, 1.165) is 18.8 Å². The molecule has 1 saturated heterocycles. The zero-order valence-corrected chi connectivity index (χ0v) is 18.3. The van der Waals surface area contributed by atoms with Gasteiger partial charge in [0, 0.05) is 48.1 Å². The molecule has 1 heterocycles. The van der Waals surface area contributed by atoms with Crippen LogP contribution < -0.4 is 9.62 Å². The average Bonchev–Trinajstić information content (AvgIpc) is 2.81. The molecule has 1 aliphatic heterocycles. The molecule has 8 heteroatoms. The Labute approximate surface area is 187 Å². The van der Waals surface area contributed by atoms with Gasteiger partial charge in [0.05, 0.1) is 4.90 Å². The first-order valence-electron chi connectivity index (χ1n) is 9.90. The summed E-state index contributed by atoms with van der Waals surface area (Å²) in [6, 6.07) is 22.6. The topological polar surface area (TPSA) is 69.7 Å². The average molecular weight is 456 g/mol. The minimum atomic E-state index is -3.83. The van der Waals surface area contributed by atoms with Crippen molar-refractivity contribution in [3.63, 3.8) is 0 Å². The number of carbonyl (C=O) groups is 1. The van der Waals surface area contributed by atoms with Crippen LogP contribution in [-0.2, 0) is 10.0 Å². The van der Waals surface area contributed by atoms with Gasteiger partial charge in [0.25, 0.3) is 15.9 Å². The van der Waals surface area contributed by atoms with Crippen LogP contribution in [0.1, 0.15) is 10.4 Å². The number of hydrogen-bond acceptors (Lipinski definition) is 4. The monoisotopic (exact) mass is 455 g/mol. The summed E-state index contributed by atoms with van der Waals surface area (Å²) in [5, 5.41) is 0.517. The second-order valence-corrected chi connectivity index (χ2v) is 9.37. The molecule has 0 aromatic heterocycles. The maximum Gasteiger partial charge on any atom is 0.261 e. The van der Waals surface area contributed by atoms with Gasteiger partial charge in [-0.3, -0.25) is 9.52 Å². The summed E-state index contributed by atoms with van der Waals surface area (Å²) >= 11 is 5.85. The first-order chi connectivity index (χ1) is 14.9. The van der Waals surface area contributed by atoms with Crippen molar-refractivity contribution in [3.05, 3.63) is 89.4 Å². The van der Waals surface area contributed by atoms with Gasteiger partial charge in [-0.1, -0.05) is 35.9 Å². The van der Waals surface area contributed by atoms with E-state index >= 15 is 0 Å². The van der Waals surface area contributed by atoms with E-state index in [0.29, 0.717) is 29.4 Å².